The molecule has 0 spiro atoms. The molecule has 0 aliphatic carbocycles. The Balaban J connectivity index is 2.08. The van der Waals surface area contributed by atoms with E-state index in [2.05, 4.69) is 9.97 Å². The van der Waals surface area contributed by atoms with Gasteiger partial charge in [-0.15, -0.1) is 0 Å². The number of aromatic nitrogens is 2. The van der Waals surface area contributed by atoms with Crippen molar-refractivity contribution >= 4 is 28.4 Å². The van der Waals surface area contributed by atoms with Crippen LogP contribution in [0.2, 0.25) is 0 Å². The minimum absolute atomic E-state index is 0.300. The molecule has 20 heavy (non-hydrogen) atoms. The predicted molar refractivity (Wildman–Crippen MR) is 74.4 cm³/mol. The Hall–Kier alpha value is -2.21. The van der Waals surface area contributed by atoms with Gasteiger partial charge in [0.05, 0.1) is 5.52 Å². The second-order valence-corrected chi connectivity index (χ2v) is 5.16. The van der Waals surface area contributed by atoms with Gasteiger partial charge in [-0.3, -0.25) is 0 Å². The number of rotatable bonds is 2. The van der Waals surface area contributed by atoms with E-state index in [1.807, 2.05) is 0 Å². The summed E-state index contributed by atoms with van der Waals surface area (Å²) in [5, 5.41) is 1.31. The molecule has 0 atom stereocenters. The summed E-state index contributed by atoms with van der Waals surface area (Å²) < 4.78 is 26.6. The molecule has 0 fully saturated rings. The van der Waals surface area contributed by atoms with Gasteiger partial charge in [-0.25, -0.2) is 18.7 Å². The predicted octanol–water partition coefficient (Wildman–Crippen LogP) is 3.64. The lowest BCUT2D eigenvalue weighted by Gasteiger charge is -2.06. The number of nitrogens with zero attached hydrogens (tertiary/aromatic N) is 2. The highest BCUT2D eigenvalue weighted by molar-refractivity contribution is 7.99. The van der Waals surface area contributed by atoms with Crippen LogP contribution in [0.25, 0.3) is 10.9 Å². The van der Waals surface area contributed by atoms with E-state index in [0.717, 1.165) is 28.7 Å². The molecule has 0 radical (unpaired) electrons. The fraction of sp³-hybridized carbons (Fsp3) is 0. The normalized spacial score (nSPS) is 10.9. The van der Waals surface area contributed by atoms with Crippen molar-refractivity contribution in [1.82, 2.24) is 9.97 Å². The second kappa shape index (κ2) is 5.05. The molecule has 0 bridgehead atoms. The van der Waals surface area contributed by atoms with Crippen molar-refractivity contribution in [3.8, 4) is 0 Å². The lowest BCUT2D eigenvalue weighted by Crippen LogP contribution is -1.91. The first-order valence-corrected chi connectivity index (χ1v) is 6.58. The number of hydrogen-bond donors (Lipinski definition) is 1. The summed E-state index contributed by atoms with van der Waals surface area (Å²) in [6, 6.07) is 8.69. The first-order valence-electron chi connectivity index (χ1n) is 5.76. The molecular weight excluding hydrogens is 280 g/mol. The summed E-state index contributed by atoms with van der Waals surface area (Å²) in [6.45, 7) is 0. The highest BCUT2D eigenvalue weighted by Gasteiger charge is 2.10. The number of benzene rings is 2. The van der Waals surface area contributed by atoms with E-state index in [9.17, 15) is 8.78 Å². The van der Waals surface area contributed by atoms with Crippen LogP contribution in [-0.2, 0) is 0 Å². The molecule has 2 aromatic carbocycles. The average Bonchev–Trinajstić information content (AvgIpc) is 2.42. The van der Waals surface area contributed by atoms with E-state index < -0.39 is 11.6 Å². The first-order chi connectivity index (χ1) is 9.63. The third-order valence-corrected chi connectivity index (χ3v) is 3.79. The zero-order chi connectivity index (χ0) is 14.1. The van der Waals surface area contributed by atoms with Gasteiger partial charge in [0.2, 0.25) is 0 Å². The summed E-state index contributed by atoms with van der Waals surface area (Å²) >= 11 is 1.11. The Morgan fingerprint density at radius 1 is 1.00 bits per heavy atom. The summed E-state index contributed by atoms with van der Waals surface area (Å²) in [6.07, 6.45) is 1.41. The van der Waals surface area contributed by atoms with Crippen molar-refractivity contribution in [2.75, 3.05) is 5.73 Å². The van der Waals surface area contributed by atoms with E-state index in [1.165, 1.54) is 18.5 Å². The van der Waals surface area contributed by atoms with Gasteiger partial charge in [0.15, 0.2) is 0 Å². The van der Waals surface area contributed by atoms with Crippen LogP contribution in [0.15, 0.2) is 52.6 Å². The smallest absolute Gasteiger partial charge is 0.140 e. The Labute approximate surface area is 117 Å². The molecule has 3 aromatic rings. The molecular formula is C14H9F2N3S. The van der Waals surface area contributed by atoms with Crippen molar-refractivity contribution in [3.63, 3.8) is 0 Å². The van der Waals surface area contributed by atoms with Crippen molar-refractivity contribution in [3.05, 3.63) is 54.4 Å². The number of halogens is 2. The number of anilines is 1. The lowest BCUT2D eigenvalue weighted by molar-refractivity contribution is 0.565. The largest absolute Gasteiger partial charge is 0.399 e. The van der Waals surface area contributed by atoms with Crippen LogP contribution < -0.4 is 5.73 Å². The summed E-state index contributed by atoms with van der Waals surface area (Å²) in [4.78, 5) is 8.57. The fourth-order valence-electron chi connectivity index (χ4n) is 1.79. The van der Waals surface area contributed by atoms with Crippen LogP contribution in [-0.4, -0.2) is 9.97 Å². The maximum Gasteiger partial charge on any atom is 0.140 e. The van der Waals surface area contributed by atoms with Gasteiger partial charge in [-0.05, 0) is 30.3 Å². The highest BCUT2D eigenvalue weighted by atomic mass is 32.2. The highest BCUT2D eigenvalue weighted by Crippen LogP contribution is 2.33. The Morgan fingerprint density at radius 3 is 2.65 bits per heavy atom. The van der Waals surface area contributed by atoms with Gasteiger partial charge in [-0.2, -0.15) is 0 Å². The zero-order valence-electron chi connectivity index (χ0n) is 10.2. The average molecular weight is 289 g/mol. The van der Waals surface area contributed by atoms with E-state index in [0.29, 0.717) is 15.6 Å². The quantitative estimate of drug-likeness (QED) is 0.578. The molecule has 1 aromatic heterocycles. The van der Waals surface area contributed by atoms with Gasteiger partial charge in [-0.1, -0.05) is 11.8 Å². The monoisotopic (exact) mass is 289 g/mol. The van der Waals surface area contributed by atoms with Gasteiger partial charge in [0.1, 0.15) is 23.0 Å². The molecule has 3 nitrogen and oxygen atoms in total. The molecule has 0 saturated carbocycles. The third-order valence-electron chi connectivity index (χ3n) is 2.72. The molecule has 0 unspecified atom stereocenters. The Kier molecular flexibility index (Phi) is 3.23. The molecule has 0 aliphatic rings. The Morgan fingerprint density at radius 2 is 1.85 bits per heavy atom. The summed E-state index contributed by atoms with van der Waals surface area (Å²) in [5.74, 6) is -1.23. The molecule has 100 valence electrons. The number of hydrogen-bond acceptors (Lipinski definition) is 4. The number of fused-ring (bicyclic) bond motifs is 1. The molecule has 6 heteroatoms. The molecule has 1 heterocycles. The van der Waals surface area contributed by atoms with Gasteiger partial charge >= 0.3 is 0 Å². The molecule has 0 saturated heterocycles. The van der Waals surface area contributed by atoms with E-state index >= 15 is 0 Å². The maximum atomic E-state index is 13.7. The maximum absolute atomic E-state index is 13.7. The topological polar surface area (TPSA) is 51.8 Å². The van der Waals surface area contributed by atoms with Crippen molar-refractivity contribution in [2.45, 2.75) is 9.92 Å². The first kappa shape index (κ1) is 12.8. The Bertz CT molecular complexity index is 792. The minimum Gasteiger partial charge on any atom is -0.399 e. The van der Waals surface area contributed by atoms with Crippen LogP contribution in [0.3, 0.4) is 0 Å². The summed E-state index contributed by atoms with van der Waals surface area (Å²) in [5.41, 5.74) is 7.05. The molecule has 3 rings (SSSR count). The third kappa shape index (κ3) is 2.42. The molecule has 0 aliphatic heterocycles. The number of nitrogens with two attached hydrogens (primary N) is 1. The van der Waals surface area contributed by atoms with Gasteiger partial charge in [0.25, 0.3) is 0 Å². The lowest BCUT2D eigenvalue weighted by atomic mass is 10.2. The molecule has 2 N–H and O–H groups in total. The van der Waals surface area contributed by atoms with Crippen molar-refractivity contribution in [1.29, 1.82) is 0 Å². The molecule has 0 amide bonds. The van der Waals surface area contributed by atoms with Crippen LogP contribution in [0, 0.1) is 11.6 Å². The van der Waals surface area contributed by atoms with E-state index in [1.54, 1.807) is 18.2 Å². The van der Waals surface area contributed by atoms with Gasteiger partial charge < -0.3 is 5.73 Å². The minimum atomic E-state index is -0.620. The fourth-order valence-corrected chi connectivity index (χ4v) is 2.67. The summed E-state index contributed by atoms with van der Waals surface area (Å²) in [7, 11) is 0. The van der Waals surface area contributed by atoms with Crippen LogP contribution in [0.4, 0.5) is 14.5 Å². The van der Waals surface area contributed by atoms with Crippen LogP contribution in [0.1, 0.15) is 0 Å². The number of nitrogen functional groups attached to an aromatic ring is 1. The standard InChI is InChI=1S/C14H9F2N3S/c15-8-1-4-13(11(16)5-8)20-14-10-6-9(17)2-3-12(10)18-7-19-14/h1-7H,17H2. The second-order valence-electron chi connectivity index (χ2n) is 4.13. The van der Waals surface area contributed by atoms with Crippen LogP contribution in [0.5, 0.6) is 0 Å². The van der Waals surface area contributed by atoms with Gasteiger partial charge in [0, 0.05) is 22.0 Å². The van der Waals surface area contributed by atoms with E-state index in [4.69, 9.17) is 5.73 Å². The van der Waals surface area contributed by atoms with Crippen molar-refractivity contribution in [2.24, 2.45) is 0 Å². The van der Waals surface area contributed by atoms with E-state index in [-0.39, 0.29) is 0 Å². The zero-order valence-corrected chi connectivity index (χ0v) is 11.0. The van der Waals surface area contributed by atoms with Crippen LogP contribution >= 0.6 is 11.8 Å². The van der Waals surface area contributed by atoms with Crippen molar-refractivity contribution < 1.29 is 8.78 Å². The SMILES string of the molecule is Nc1ccc2ncnc(Sc3ccc(F)cc3F)c2c1.